The SMILES string of the molecule is Cc1ccc(S(=O)(=O)N2C(=O)CC[C@@H]2C(=O)N2CCn3c4c(c5cc(C)ccc53)CCC[C@@H]42)cc1. The largest absolute Gasteiger partial charge is 0.341 e. The van der Waals surface area contributed by atoms with Crippen LogP contribution < -0.4 is 0 Å². The number of amides is 2. The molecule has 0 unspecified atom stereocenters. The first-order valence-electron chi connectivity index (χ1n) is 12.3. The van der Waals surface area contributed by atoms with E-state index >= 15 is 0 Å². The summed E-state index contributed by atoms with van der Waals surface area (Å²) in [6.45, 7) is 5.15. The zero-order valence-corrected chi connectivity index (χ0v) is 20.8. The molecule has 1 aromatic heterocycles. The molecule has 0 bridgehead atoms. The molecule has 6 rings (SSSR count). The van der Waals surface area contributed by atoms with E-state index in [0.717, 1.165) is 29.1 Å². The van der Waals surface area contributed by atoms with E-state index in [1.54, 1.807) is 12.1 Å². The fourth-order valence-corrected chi connectivity index (χ4v) is 7.78. The molecule has 2 aliphatic heterocycles. The van der Waals surface area contributed by atoms with Crippen LogP contribution in [-0.4, -0.2) is 46.6 Å². The van der Waals surface area contributed by atoms with E-state index in [-0.39, 0.29) is 29.7 Å². The molecule has 182 valence electrons. The summed E-state index contributed by atoms with van der Waals surface area (Å²) >= 11 is 0. The van der Waals surface area contributed by atoms with Crippen molar-refractivity contribution in [2.45, 2.75) is 69.5 Å². The molecule has 1 aliphatic carbocycles. The topological polar surface area (TPSA) is 79.7 Å². The first-order valence-corrected chi connectivity index (χ1v) is 13.8. The van der Waals surface area contributed by atoms with Gasteiger partial charge in [-0.1, -0.05) is 29.3 Å². The fourth-order valence-electron chi connectivity index (χ4n) is 6.18. The second-order valence-electron chi connectivity index (χ2n) is 10.0. The quantitative estimate of drug-likeness (QED) is 0.557. The summed E-state index contributed by atoms with van der Waals surface area (Å²) in [6.07, 6.45) is 3.09. The van der Waals surface area contributed by atoms with E-state index in [1.807, 2.05) is 11.8 Å². The minimum Gasteiger partial charge on any atom is -0.341 e. The van der Waals surface area contributed by atoms with Gasteiger partial charge < -0.3 is 9.47 Å². The monoisotopic (exact) mass is 491 g/mol. The molecule has 8 heteroatoms. The number of hydrogen-bond acceptors (Lipinski definition) is 4. The van der Waals surface area contributed by atoms with Crippen LogP contribution in [0.25, 0.3) is 10.9 Å². The first kappa shape index (κ1) is 22.3. The molecule has 1 saturated heterocycles. The molecular weight excluding hydrogens is 462 g/mol. The summed E-state index contributed by atoms with van der Waals surface area (Å²) < 4.78 is 30.1. The van der Waals surface area contributed by atoms with Crippen molar-refractivity contribution in [1.82, 2.24) is 13.8 Å². The highest BCUT2D eigenvalue weighted by Gasteiger charge is 2.48. The standard InChI is InChI=1S/C27H29N3O4S/c1-17-6-9-19(10-7-17)35(33,34)30-24(12-13-25(30)31)27(32)29-15-14-28-22-11-8-18(2)16-21(22)20-4-3-5-23(29)26(20)28/h6-11,16,23-24H,3-5,12-15H2,1-2H3/t23-,24+/m0/s1. The predicted molar refractivity (Wildman–Crippen MR) is 132 cm³/mol. The summed E-state index contributed by atoms with van der Waals surface area (Å²) in [5, 5.41) is 1.26. The van der Waals surface area contributed by atoms with E-state index < -0.39 is 22.0 Å². The molecule has 3 aliphatic rings. The van der Waals surface area contributed by atoms with Crippen molar-refractivity contribution in [3.05, 3.63) is 64.8 Å². The van der Waals surface area contributed by atoms with E-state index in [4.69, 9.17) is 0 Å². The Morgan fingerprint density at radius 3 is 2.46 bits per heavy atom. The van der Waals surface area contributed by atoms with Gasteiger partial charge in [0.2, 0.25) is 11.8 Å². The van der Waals surface area contributed by atoms with Crippen LogP contribution in [0.3, 0.4) is 0 Å². The zero-order valence-electron chi connectivity index (χ0n) is 20.0. The van der Waals surface area contributed by atoms with Crippen molar-refractivity contribution >= 4 is 32.7 Å². The Balaban J connectivity index is 1.37. The highest BCUT2D eigenvalue weighted by atomic mass is 32.2. The van der Waals surface area contributed by atoms with Crippen LogP contribution in [0.4, 0.5) is 0 Å². The van der Waals surface area contributed by atoms with Gasteiger partial charge in [-0.25, -0.2) is 12.7 Å². The Labute approximate surface area is 205 Å². The van der Waals surface area contributed by atoms with Crippen LogP contribution >= 0.6 is 0 Å². The number of sulfonamides is 1. The van der Waals surface area contributed by atoms with Gasteiger partial charge in [0.1, 0.15) is 6.04 Å². The molecule has 0 saturated carbocycles. The first-order chi connectivity index (χ1) is 16.8. The molecule has 2 atom stereocenters. The van der Waals surface area contributed by atoms with Crippen molar-refractivity contribution in [3.8, 4) is 0 Å². The van der Waals surface area contributed by atoms with Crippen LogP contribution in [0.5, 0.6) is 0 Å². The molecule has 2 aromatic carbocycles. The van der Waals surface area contributed by atoms with Crippen LogP contribution in [0.1, 0.15) is 54.1 Å². The molecule has 0 N–H and O–H groups in total. The third-order valence-corrected chi connectivity index (χ3v) is 9.68. The number of hydrogen-bond donors (Lipinski definition) is 0. The highest BCUT2D eigenvalue weighted by Crippen LogP contribution is 2.43. The molecular formula is C27H29N3O4S. The van der Waals surface area contributed by atoms with Crippen molar-refractivity contribution < 1.29 is 18.0 Å². The predicted octanol–water partition coefficient (Wildman–Crippen LogP) is 3.86. The Kier molecular flexibility index (Phi) is 5.07. The van der Waals surface area contributed by atoms with E-state index in [1.165, 1.54) is 39.9 Å². The lowest BCUT2D eigenvalue weighted by Gasteiger charge is -2.41. The summed E-state index contributed by atoms with van der Waals surface area (Å²) in [5.74, 6) is -0.757. The maximum Gasteiger partial charge on any atom is 0.267 e. The van der Waals surface area contributed by atoms with Crippen LogP contribution in [0.15, 0.2) is 47.4 Å². The van der Waals surface area contributed by atoms with Crippen LogP contribution in [0.2, 0.25) is 0 Å². The lowest BCUT2D eigenvalue weighted by atomic mass is 9.89. The average Bonchev–Trinajstić information content (AvgIpc) is 3.39. The second kappa shape index (κ2) is 7.95. The summed E-state index contributed by atoms with van der Waals surface area (Å²) in [7, 11) is -4.11. The molecule has 1 fully saturated rings. The third-order valence-electron chi connectivity index (χ3n) is 7.84. The Hall–Kier alpha value is -3.13. The van der Waals surface area contributed by atoms with E-state index in [9.17, 15) is 18.0 Å². The van der Waals surface area contributed by atoms with Crippen LogP contribution in [0, 0.1) is 13.8 Å². The number of benzene rings is 2. The van der Waals surface area contributed by atoms with Gasteiger partial charge in [-0.15, -0.1) is 0 Å². The minimum atomic E-state index is -4.11. The molecule has 3 heterocycles. The molecule has 0 spiro atoms. The number of rotatable bonds is 3. The number of aromatic nitrogens is 1. The van der Waals surface area contributed by atoms with Gasteiger partial charge in [0, 0.05) is 36.1 Å². The number of aryl methyl sites for hydroxylation is 3. The Bertz CT molecular complexity index is 1470. The molecule has 35 heavy (non-hydrogen) atoms. The maximum absolute atomic E-state index is 13.9. The number of fused-ring (bicyclic) bond motifs is 3. The number of nitrogens with zero attached hydrogens (tertiary/aromatic N) is 3. The fraction of sp³-hybridized carbons (Fsp3) is 0.407. The highest BCUT2D eigenvalue weighted by molar-refractivity contribution is 7.89. The summed E-state index contributed by atoms with van der Waals surface area (Å²) in [5.41, 5.74) is 5.85. The summed E-state index contributed by atoms with van der Waals surface area (Å²) in [4.78, 5) is 28.6. The van der Waals surface area contributed by atoms with Gasteiger partial charge in [-0.3, -0.25) is 9.59 Å². The van der Waals surface area contributed by atoms with Crippen molar-refractivity contribution in [1.29, 1.82) is 0 Å². The third kappa shape index (κ3) is 3.33. The molecule has 2 amide bonds. The second-order valence-corrected chi connectivity index (χ2v) is 11.9. The summed E-state index contributed by atoms with van der Waals surface area (Å²) in [6, 6.07) is 11.9. The zero-order chi connectivity index (χ0) is 24.5. The van der Waals surface area contributed by atoms with E-state index in [0.29, 0.717) is 13.1 Å². The van der Waals surface area contributed by atoms with Crippen LogP contribution in [-0.2, 0) is 32.6 Å². The smallest absolute Gasteiger partial charge is 0.267 e. The van der Waals surface area contributed by atoms with Gasteiger partial charge in [0.15, 0.2) is 0 Å². The Morgan fingerprint density at radius 1 is 0.943 bits per heavy atom. The van der Waals surface area contributed by atoms with Gasteiger partial charge in [0.25, 0.3) is 10.0 Å². The Morgan fingerprint density at radius 2 is 1.69 bits per heavy atom. The molecule has 0 radical (unpaired) electrons. The normalized spacial score (nSPS) is 22.1. The average molecular weight is 492 g/mol. The number of carbonyl (C=O) groups excluding carboxylic acids is 2. The lowest BCUT2D eigenvalue weighted by Crippen LogP contribution is -2.52. The minimum absolute atomic E-state index is 0.0465. The van der Waals surface area contributed by atoms with Crippen molar-refractivity contribution in [3.63, 3.8) is 0 Å². The molecule has 7 nitrogen and oxygen atoms in total. The number of carbonyl (C=O) groups is 2. The van der Waals surface area contributed by atoms with Gasteiger partial charge in [-0.05, 0) is 69.4 Å². The lowest BCUT2D eigenvalue weighted by molar-refractivity contribution is -0.141. The van der Waals surface area contributed by atoms with Gasteiger partial charge in [-0.2, -0.15) is 0 Å². The van der Waals surface area contributed by atoms with Gasteiger partial charge >= 0.3 is 0 Å². The van der Waals surface area contributed by atoms with Crippen molar-refractivity contribution in [2.24, 2.45) is 0 Å². The van der Waals surface area contributed by atoms with Crippen molar-refractivity contribution in [2.75, 3.05) is 6.54 Å². The molecule has 3 aromatic rings. The maximum atomic E-state index is 13.9. The van der Waals surface area contributed by atoms with Gasteiger partial charge in [0.05, 0.1) is 10.9 Å². The van der Waals surface area contributed by atoms with E-state index in [2.05, 4.69) is 29.7 Å².